The molecule has 4 aromatic rings. The number of thiazole rings is 2. The fraction of sp³-hybridized carbons (Fsp3) is 0.353. The van der Waals surface area contributed by atoms with Gasteiger partial charge >= 0.3 is 11.9 Å². The summed E-state index contributed by atoms with van der Waals surface area (Å²) in [4.78, 5) is 90.3. The van der Waals surface area contributed by atoms with E-state index in [9.17, 15) is 28.8 Å². The normalized spacial score (nSPS) is 14.1. The molecule has 248 valence electrons. The summed E-state index contributed by atoms with van der Waals surface area (Å²) in [5.74, 6) is -2.79. The molecule has 14 heteroatoms. The van der Waals surface area contributed by atoms with Gasteiger partial charge in [-0.3, -0.25) is 28.8 Å². The van der Waals surface area contributed by atoms with Crippen LogP contribution in [-0.4, -0.2) is 58.7 Å². The van der Waals surface area contributed by atoms with Gasteiger partial charge in [0.15, 0.2) is 10.3 Å². The predicted octanol–water partition coefficient (Wildman–Crippen LogP) is 5.62. The average molecular weight is 689 g/mol. The van der Waals surface area contributed by atoms with Crippen molar-refractivity contribution in [1.29, 1.82) is 0 Å². The molecule has 0 spiro atoms. The lowest BCUT2D eigenvalue weighted by Crippen LogP contribution is -2.43. The summed E-state index contributed by atoms with van der Waals surface area (Å²) in [6.45, 7) is 8.70. The number of anilines is 2. The van der Waals surface area contributed by atoms with Crippen LogP contribution in [0.2, 0.25) is 0 Å². The maximum absolute atomic E-state index is 13.8. The number of carbonyl (C=O) groups is 6. The van der Waals surface area contributed by atoms with Crippen molar-refractivity contribution in [3.63, 3.8) is 0 Å². The molecule has 0 fully saturated rings. The molecule has 48 heavy (non-hydrogen) atoms. The first kappa shape index (κ1) is 33.1. The van der Waals surface area contributed by atoms with Crippen molar-refractivity contribution in [2.75, 3.05) is 23.0 Å². The largest absolute Gasteiger partial charge is 0.465 e. The van der Waals surface area contributed by atoms with Crippen LogP contribution < -0.4 is 9.80 Å². The molecule has 6 rings (SSSR count). The summed E-state index contributed by atoms with van der Waals surface area (Å²) in [7, 11) is 0. The minimum atomic E-state index is -0.663. The molecular formula is C34H32N4O8S2. The molecular weight excluding hydrogens is 657 g/mol. The highest BCUT2D eigenvalue weighted by Crippen LogP contribution is 2.41. The molecule has 2 aromatic carbocycles. The van der Waals surface area contributed by atoms with Gasteiger partial charge in [-0.15, -0.1) is 22.7 Å². The van der Waals surface area contributed by atoms with Crippen molar-refractivity contribution in [3.05, 3.63) is 68.7 Å². The standard InChI is InChI=1S/C34H32N4O8S2/c1-17(2)9-11-45-25(39)13-19-15-47-33(35-19)37-29(41)21-5-7-23-28-24(8-6-22(27(21)28)30(37)42)32(44)38(31(23)43)34-36-20(16-48-34)14-26(40)46-12-10-18(3)4/h5-8,15-18H,9-14H2,1-4H3. The third-order valence-electron chi connectivity index (χ3n) is 7.92. The van der Waals surface area contributed by atoms with Gasteiger partial charge in [0.1, 0.15) is 0 Å². The topological polar surface area (TPSA) is 153 Å². The van der Waals surface area contributed by atoms with Crippen LogP contribution in [0.4, 0.5) is 10.3 Å². The van der Waals surface area contributed by atoms with Crippen LogP contribution in [0.1, 0.15) is 93.4 Å². The molecule has 0 unspecified atom stereocenters. The molecule has 0 N–H and O–H groups in total. The first-order valence-corrected chi connectivity index (χ1v) is 17.3. The molecule has 0 aliphatic carbocycles. The fourth-order valence-corrected chi connectivity index (χ4v) is 7.03. The molecule has 12 nitrogen and oxygen atoms in total. The molecule has 2 aromatic heterocycles. The Balaban J connectivity index is 1.24. The van der Waals surface area contributed by atoms with Gasteiger partial charge in [-0.1, -0.05) is 27.7 Å². The zero-order valence-electron chi connectivity index (χ0n) is 26.7. The summed E-state index contributed by atoms with van der Waals surface area (Å²) in [6.07, 6.45) is 1.26. The highest BCUT2D eigenvalue weighted by molar-refractivity contribution is 7.14. The number of esters is 2. The van der Waals surface area contributed by atoms with E-state index in [2.05, 4.69) is 9.97 Å². The van der Waals surface area contributed by atoms with E-state index in [1.807, 2.05) is 27.7 Å². The van der Waals surface area contributed by atoms with Crippen molar-refractivity contribution in [3.8, 4) is 0 Å². The Labute approximate surface area is 283 Å². The number of rotatable bonds is 12. The Hall–Kier alpha value is -4.82. The van der Waals surface area contributed by atoms with Crippen LogP contribution >= 0.6 is 22.7 Å². The number of amides is 4. The van der Waals surface area contributed by atoms with E-state index >= 15 is 0 Å². The third-order valence-corrected chi connectivity index (χ3v) is 9.67. The summed E-state index contributed by atoms with van der Waals surface area (Å²) < 4.78 is 10.5. The molecule has 4 heterocycles. The number of aromatic nitrogens is 2. The lowest BCUT2D eigenvalue weighted by Gasteiger charge is -2.30. The van der Waals surface area contributed by atoms with Crippen molar-refractivity contribution in [2.24, 2.45) is 11.8 Å². The van der Waals surface area contributed by atoms with Gasteiger partial charge in [-0.05, 0) is 48.9 Å². The van der Waals surface area contributed by atoms with E-state index in [-0.39, 0.29) is 56.1 Å². The summed E-state index contributed by atoms with van der Waals surface area (Å²) in [5.41, 5.74) is 1.28. The molecule has 0 saturated heterocycles. The molecule has 0 saturated carbocycles. The monoisotopic (exact) mass is 688 g/mol. The Kier molecular flexibility index (Phi) is 9.21. The summed E-state index contributed by atoms with van der Waals surface area (Å²) >= 11 is 2.09. The van der Waals surface area contributed by atoms with Crippen molar-refractivity contribution < 1.29 is 38.2 Å². The zero-order valence-corrected chi connectivity index (χ0v) is 28.4. The Bertz CT molecular complexity index is 1780. The highest BCUT2D eigenvalue weighted by Gasteiger charge is 2.42. The van der Waals surface area contributed by atoms with E-state index in [1.165, 1.54) is 24.3 Å². The summed E-state index contributed by atoms with van der Waals surface area (Å²) in [6, 6.07) is 5.83. The van der Waals surface area contributed by atoms with Gasteiger partial charge in [0.05, 0.1) is 37.4 Å². The molecule has 2 aliphatic rings. The Morgan fingerprint density at radius 3 is 1.27 bits per heavy atom. The highest BCUT2D eigenvalue weighted by atomic mass is 32.1. The predicted molar refractivity (Wildman–Crippen MR) is 179 cm³/mol. The number of ether oxygens (including phenoxy) is 2. The van der Waals surface area contributed by atoms with Crippen molar-refractivity contribution >= 4 is 79.3 Å². The van der Waals surface area contributed by atoms with Crippen molar-refractivity contribution in [1.82, 2.24) is 9.97 Å². The van der Waals surface area contributed by atoms with Crippen LogP contribution in [0.25, 0.3) is 10.8 Å². The minimum Gasteiger partial charge on any atom is -0.465 e. The maximum atomic E-state index is 13.8. The van der Waals surface area contributed by atoms with Crippen LogP contribution in [0.5, 0.6) is 0 Å². The molecule has 0 radical (unpaired) electrons. The van der Waals surface area contributed by atoms with Gasteiger partial charge < -0.3 is 9.47 Å². The average Bonchev–Trinajstić information content (AvgIpc) is 3.68. The first-order chi connectivity index (χ1) is 22.9. The van der Waals surface area contributed by atoms with E-state index in [1.54, 1.807) is 10.8 Å². The Morgan fingerprint density at radius 1 is 0.625 bits per heavy atom. The second-order valence-electron chi connectivity index (χ2n) is 12.4. The lowest BCUT2D eigenvalue weighted by molar-refractivity contribution is -0.144. The second kappa shape index (κ2) is 13.4. The van der Waals surface area contributed by atoms with Gasteiger partial charge in [0, 0.05) is 43.8 Å². The van der Waals surface area contributed by atoms with E-state index in [0.29, 0.717) is 36.4 Å². The zero-order chi connectivity index (χ0) is 34.3. The van der Waals surface area contributed by atoms with Crippen molar-refractivity contribution in [2.45, 2.75) is 53.4 Å². The van der Waals surface area contributed by atoms with Gasteiger partial charge in [-0.25, -0.2) is 19.8 Å². The van der Waals surface area contributed by atoms with Crippen LogP contribution in [0.3, 0.4) is 0 Å². The number of benzene rings is 2. The molecule has 0 bridgehead atoms. The van der Waals surface area contributed by atoms with Crippen LogP contribution in [-0.2, 0) is 31.9 Å². The number of imide groups is 2. The van der Waals surface area contributed by atoms with Crippen LogP contribution in [0, 0.1) is 11.8 Å². The number of hydrogen-bond donors (Lipinski definition) is 0. The van der Waals surface area contributed by atoms with Gasteiger partial charge in [0.2, 0.25) is 0 Å². The summed E-state index contributed by atoms with van der Waals surface area (Å²) in [5, 5.41) is 3.81. The first-order valence-electron chi connectivity index (χ1n) is 15.5. The van der Waals surface area contributed by atoms with Gasteiger partial charge in [-0.2, -0.15) is 0 Å². The lowest BCUT2D eigenvalue weighted by atomic mass is 9.86. The van der Waals surface area contributed by atoms with Crippen LogP contribution in [0.15, 0.2) is 35.0 Å². The van der Waals surface area contributed by atoms with E-state index in [0.717, 1.165) is 45.3 Å². The number of carbonyl (C=O) groups excluding carboxylic acids is 6. The molecule has 4 amide bonds. The number of nitrogens with zero attached hydrogens (tertiary/aromatic N) is 4. The van der Waals surface area contributed by atoms with E-state index < -0.39 is 35.6 Å². The SMILES string of the molecule is CC(C)CCOC(=O)Cc1csc(N2C(=O)c3ccc4c5c(ccc(c35)C2=O)C(=O)N(c2nc(CC(=O)OCCC(C)C)cs2)C4=O)n1. The maximum Gasteiger partial charge on any atom is 0.311 e. The van der Waals surface area contributed by atoms with Gasteiger partial charge in [0.25, 0.3) is 23.6 Å². The number of hydrogen-bond acceptors (Lipinski definition) is 12. The van der Waals surface area contributed by atoms with E-state index in [4.69, 9.17) is 9.47 Å². The molecule has 0 atom stereocenters. The molecule has 2 aliphatic heterocycles. The smallest absolute Gasteiger partial charge is 0.311 e. The third kappa shape index (κ3) is 6.24. The minimum absolute atomic E-state index is 0.0933. The Morgan fingerprint density at radius 2 is 0.958 bits per heavy atom. The fourth-order valence-electron chi connectivity index (χ4n) is 5.40. The second-order valence-corrected chi connectivity index (χ2v) is 14.0. The quantitative estimate of drug-likeness (QED) is 0.135.